The van der Waals surface area contributed by atoms with Crippen LogP contribution in [0.15, 0.2) is 0 Å². The Hall–Kier alpha value is -1.36. The normalized spacial score (nSPS) is 11.5. The van der Waals surface area contributed by atoms with E-state index in [-0.39, 0.29) is 12.0 Å². The van der Waals surface area contributed by atoms with Crippen molar-refractivity contribution in [1.82, 2.24) is 9.97 Å². The van der Waals surface area contributed by atoms with Crippen LogP contribution in [0.5, 0.6) is 0 Å². The third-order valence-electron chi connectivity index (χ3n) is 3.27. The van der Waals surface area contributed by atoms with Crippen molar-refractivity contribution in [2.45, 2.75) is 40.5 Å². The highest BCUT2D eigenvalue weighted by Crippen LogP contribution is 2.24. The SMILES string of the molecule is CCc1nc(NC)c(C)c(NCC(C)(C)CCO)n1. The molecule has 0 aliphatic heterocycles. The van der Waals surface area contributed by atoms with E-state index in [1.807, 2.05) is 20.9 Å². The second-order valence-corrected chi connectivity index (χ2v) is 5.56. The van der Waals surface area contributed by atoms with E-state index in [4.69, 9.17) is 5.11 Å². The van der Waals surface area contributed by atoms with Crippen molar-refractivity contribution in [1.29, 1.82) is 0 Å². The van der Waals surface area contributed by atoms with Crippen LogP contribution in [0.1, 0.15) is 38.6 Å². The summed E-state index contributed by atoms with van der Waals surface area (Å²) in [5.74, 6) is 2.58. The number of nitrogens with one attached hydrogen (secondary N) is 2. The number of hydrogen-bond acceptors (Lipinski definition) is 5. The fourth-order valence-corrected chi connectivity index (χ4v) is 1.85. The average molecular weight is 266 g/mol. The van der Waals surface area contributed by atoms with Gasteiger partial charge in [0.15, 0.2) is 0 Å². The fraction of sp³-hybridized carbons (Fsp3) is 0.714. The van der Waals surface area contributed by atoms with Crippen LogP contribution >= 0.6 is 0 Å². The lowest BCUT2D eigenvalue weighted by Gasteiger charge is -2.25. The minimum atomic E-state index is 0.0400. The van der Waals surface area contributed by atoms with Crippen molar-refractivity contribution >= 4 is 11.6 Å². The standard InChI is InChI=1S/C14H26N4O/c1-6-11-17-12(15-5)10(2)13(18-11)16-9-14(3,4)7-8-19/h19H,6-9H2,1-5H3,(H2,15,16,17,18). The van der Waals surface area contributed by atoms with E-state index in [0.29, 0.717) is 0 Å². The first-order valence-electron chi connectivity index (χ1n) is 6.83. The van der Waals surface area contributed by atoms with Gasteiger partial charge in [0.1, 0.15) is 17.5 Å². The maximum atomic E-state index is 9.05. The molecule has 1 aromatic heterocycles. The molecular formula is C14H26N4O. The Kier molecular flexibility index (Phi) is 5.54. The molecule has 0 saturated heterocycles. The average Bonchev–Trinajstić information content (AvgIpc) is 2.37. The largest absolute Gasteiger partial charge is 0.396 e. The molecule has 0 radical (unpaired) electrons. The summed E-state index contributed by atoms with van der Waals surface area (Å²) in [6, 6.07) is 0. The molecule has 5 heteroatoms. The van der Waals surface area contributed by atoms with E-state index in [0.717, 1.165) is 42.4 Å². The second kappa shape index (κ2) is 6.70. The number of anilines is 2. The highest BCUT2D eigenvalue weighted by atomic mass is 16.3. The van der Waals surface area contributed by atoms with E-state index < -0.39 is 0 Å². The first-order valence-corrected chi connectivity index (χ1v) is 6.83. The Morgan fingerprint density at radius 1 is 1.21 bits per heavy atom. The maximum absolute atomic E-state index is 9.05. The zero-order valence-corrected chi connectivity index (χ0v) is 12.7. The molecule has 0 amide bonds. The highest BCUT2D eigenvalue weighted by molar-refractivity contribution is 5.57. The first-order chi connectivity index (χ1) is 8.93. The molecule has 0 atom stereocenters. The molecule has 0 fully saturated rings. The minimum absolute atomic E-state index is 0.0400. The summed E-state index contributed by atoms with van der Waals surface area (Å²) in [5, 5.41) is 15.5. The number of rotatable bonds is 7. The lowest BCUT2D eigenvalue weighted by atomic mass is 9.90. The molecule has 0 aromatic carbocycles. The van der Waals surface area contributed by atoms with Crippen LogP contribution in [0.25, 0.3) is 0 Å². The Morgan fingerprint density at radius 3 is 2.37 bits per heavy atom. The van der Waals surface area contributed by atoms with Gasteiger partial charge in [-0.25, -0.2) is 9.97 Å². The molecule has 1 heterocycles. The van der Waals surface area contributed by atoms with E-state index in [1.54, 1.807) is 0 Å². The van der Waals surface area contributed by atoms with E-state index in [1.165, 1.54) is 0 Å². The van der Waals surface area contributed by atoms with Crippen molar-refractivity contribution in [2.24, 2.45) is 5.41 Å². The monoisotopic (exact) mass is 266 g/mol. The lowest BCUT2D eigenvalue weighted by molar-refractivity contribution is 0.220. The Labute approximate surface area is 115 Å². The second-order valence-electron chi connectivity index (χ2n) is 5.56. The summed E-state index contributed by atoms with van der Waals surface area (Å²) >= 11 is 0. The summed E-state index contributed by atoms with van der Waals surface area (Å²) in [4.78, 5) is 8.99. The maximum Gasteiger partial charge on any atom is 0.134 e. The van der Waals surface area contributed by atoms with Gasteiger partial charge in [0.05, 0.1) is 0 Å². The third-order valence-corrected chi connectivity index (χ3v) is 3.27. The summed E-state index contributed by atoms with van der Waals surface area (Å²) < 4.78 is 0. The van der Waals surface area contributed by atoms with Crippen molar-refractivity contribution in [3.63, 3.8) is 0 Å². The lowest BCUT2D eigenvalue weighted by Crippen LogP contribution is -2.25. The van der Waals surface area contributed by atoms with Crippen molar-refractivity contribution in [3.05, 3.63) is 11.4 Å². The number of nitrogens with zero attached hydrogens (tertiary/aromatic N) is 2. The molecule has 3 N–H and O–H groups in total. The van der Waals surface area contributed by atoms with Crippen LogP contribution in [-0.2, 0) is 6.42 Å². The highest BCUT2D eigenvalue weighted by Gasteiger charge is 2.18. The molecule has 0 aliphatic carbocycles. The van der Waals surface area contributed by atoms with Gasteiger partial charge in [-0.3, -0.25) is 0 Å². The van der Waals surface area contributed by atoms with Gasteiger partial charge in [-0.15, -0.1) is 0 Å². The van der Waals surface area contributed by atoms with Gasteiger partial charge in [0, 0.05) is 32.2 Å². The number of aliphatic hydroxyl groups excluding tert-OH is 1. The molecule has 0 aliphatic rings. The Bertz CT molecular complexity index is 418. The van der Waals surface area contributed by atoms with Gasteiger partial charge < -0.3 is 15.7 Å². The zero-order chi connectivity index (χ0) is 14.5. The summed E-state index contributed by atoms with van der Waals surface area (Å²) in [6.45, 7) is 9.30. The molecule has 0 saturated carbocycles. The van der Waals surface area contributed by atoms with Gasteiger partial charge in [0.2, 0.25) is 0 Å². The Morgan fingerprint density at radius 2 is 1.84 bits per heavy atom. The number of aryl methyl sites for hydroxylation is 1. The van der Waals surface area contributed by atoms with Crippen LogP contribution < -0.4 is 10.6 Å². The van der Waals surface area contributed by atoms with Crippen LogP contribution in [-0.4, -0.2) is 35.3 Å². The van der Waals surface area contributed by atoms with Crippen LogP contribution in [0, 0.1) is 12.3 Å². The van der Waals surface area contributed by atoms with Gasteiger partial charge in [-0.1, -0.05) is 20.8 Å². The predicted octanol–water partition coefficient (Wildman–Crippen LogP) is 2.21. The van der Waals surface area contributed by atoms with E-state index in [2.05, 4.69) is 34.4 Å². The van der Waals surface area contributed by atoms with Gasteiger partial charge >= 0.3 is 0 Å². The molecule has 0 unspecified atom stereocenters. The van der Waals surface area contributed by atoms with Crippen LogP contribution in [0.4, 0.5) is 11.6 Å². The van der Waals surface area contributed by atoms with Crippen LogP contribution in [0.2, 0.25) is 0 Å². The van der Waals surface area contributed by atoms with Crippen molar-refractivity contribution in [2.75, 3.05) is 30.8 Å². The van der Waals surface area contributed by atoms with Crippen LogP contribution in [0.3, 0.4) is 0 Å². The topological polar surface area (TPSA) is 70.1 Å². The molecule has 1 aromatic rings. The Balaban J connectivity index is 2.88. The van der Waals surface area contributed by atoms with Crippen molar-refractivity contribution in [3.8, 4) is 0 Å². The molecule has 19 heavy (non-hydrogen) atoms. The minimum Gasteiger partial charge on any atom is -0.396 e. The van der Waals surface area contributed by atoms with Gasteiger partial charge in [0.25, 0.3) is 0 Å². The summed E-state index contributed by atoms with van der Waals surface area (Å²) in [5.41, 5.74) is 1.07. The van der Waals surface area contributed by atoms with Crippen molar-refractivity contribution < 1.29 is 5.11 Å². The quantitative estimate of drug-likeness (QED) is 0.706. The number of aromatic nitrogens is 2. The molecule has 0 spiro atoms. The smallest absolute Gasteiger partial charge is 0.134 e. The van der Waals surface area contributed by atoms with Gasteiger partial charge in [-0.2, -0.15) is 0 Å². The first kappa shape index (κ1) is 15.7. The fourth-order valence-electron chi connectivity index (χ4n) is 1.85. The third kappa shape index (κ3) is 4.35. The molecular weight excluding hydrogens is 240 g/mol. The number of hydrogen-bond donors (Lipinski definition) is 3. The van der Waals surface area contributed by atoms with E-state index >= 15 is 0 Å². The summed E-state index contributed by atoms with van der Waals surface area (Å²) in [7, 11) is 1.87. The molecule has 108 valence electrons. The summed E-state index contributed by atoms with van der Waals surface area (Å²) in [6.07, 6.45) is 1.58. The number of aliphatic hydroxyl groups is 1. The van der Waals surface area contributed by atoms with E-state index in [9.17, 15) is 0 Å². The zero-order valence-electron chi connectivity index (χ0n) is 12.7. The predicted molar refractivity (Wildman–Crippen MR) is 79.7 cm³/mol. The molecule has 0 bridgehead atoms. The molecule has 1 rings (SSSR count). The molecule has 5 nitrogen and oxygen atoms in total. The van der Waals surface area contributed by atoms with Gasteiger partial charge in [-0.05, 0) is 18.8 Å².